The first kappa shape index (κ1) is 33.7. The van der Waals surface area contributed by atoms with E-state index in [0.29, 0.717) is 25.1 Å². The SMILES string of the molecule is COc1ccc([Si](C)(C)[C@@H]2[C@@H](CCn3cc(CCO)nn3)O[C@]3(C(=O)N(C)c4ccc(NC(=O)Cc5c[nH]c6ccccc56)cc43)[C@H]2C)cc1. The number of hydrogen-bond acceptors (Lipinski definition) is 7. The third-order valence-corrected chi connectivity index (χ3v) is 15.2. The van der Waals surface area contributed by atoms with Crippen molar-refractivity contribution in [3.05, 3.63) is 95.9 Å². The van der Waals surface area contributed by atoms with E-state index in [0.717, 1.165) is 39.2 Å². The Hall–Kier alpha value is -4.78. The number of ether oxygens (including phenoxy) is 2. The fourth-order valence-corrected chi connectivity index (χ4v) is 12.4. The highest BCUT2D eigenvalue weighted by molar-refractivity contribution is 6.91. The summed E-state index contributed by atoms with van der Waals surface area (Å²) in [6, 6.07) is 21.9. The average Bonchev–Trinajstić information content (AvgIpc) is 3.86. The number of H-pyrrole nitrogens is 1. The molecule has 2 amide bonds. The summed E-state index contributed by atoms with van der Waals surface area (Å²) in [5.41, 5.74) is 3.66. The van der Waals surface area contributed by atoms with E-state index in [1.54, 1.807) is 23.7 Å². The number of aliphatic hydroxyl groups excluding tert-OH is 1. The number of carbonyl (C=O) groups excluding carboxylic acids is 2. The number of para-hydroxylation sites is 1. The van der Waals surface area contributed by atoms with Crippen LogP contribution in [-0.4, -0.2) is 71.8 Å². The highest BCUT2D eigenvalue weighted by Gasteiger charge is 2.65. The van der Waals surface area contributed by atoms with Crippen molar-refractivity contribution < 1.29 is 24.2 Å². The molecule has 50 heavy (non-hydrogen) atoms. The molecule has 2 aliphatic rings. The first-order chi connectivity index (χ1) is 24.1. The van der Waals surface area contributed by atoms with Gasteiger partial charge in [0.1, 0.15) is 5.75 Å². The van der Waals surface area contributed by atoms with Crippen LogP contribution in [0, 0.1) is 5.92 Å². The normalized spacial score (nSPS) is 21.7. The van der Waals surface area contributed by atoms with Crippen LogP contribution in [-0.2, 0) is 39.3 Å². The summed E-state index contributed by atoms with van der Waals surface area (Å²) in [5, 5.41) is 23.2. The maximum atomic E-state index is 14.5. The second kappa shape index (κ2) is 13.2. The number of methoxy groups -OCH3 is 1. The Morgan fingerprint density at radius 2 is 1.92 bits per heavy atom. The molecule has 0 aliphatic carbocycles. The zero-order valence-electron chi connectivity index (χ0n) is 29.1. The second-order valence-electron chi connectivity index (χ2n) is 14.1. The number of nitrogens with one attached hydrogen (secondary N) is 2. The number of aliphatic hydroxyl groups is 1. The minimum absolute atomic E-state index is 0.00863. The van der Waals surface area contributed by atoms with Gasteiger partial charge < -0.3 is 29.8 Å². The molecule has 5 aromatic rings. The lowest BCUT2D eigenvalue weighted by Gasteiger charge is -2.37. The van der Waals surface area contributed by atoms with Gasteiger partial charge in [-0.05, 0) is 53.9 Å². The van der Waals surface area contributed by atoms with Crippen molar-refractivity contribution in [3.8, 4) is 5.75 Å². The van der Waals surface area contributed by atoms with Crippen LogP contribution in [0.1, 0.15) is 30.2 Å². The summed E-state index contributed by atoms with van der Waals surface area (Å²) in [6.07, 6.45) is 4.76. The van der Waals surface area contributed by atoms with Crippen LogP contribution < -0.4 is 20.1 Å². The van der Waals surface area contributed by atoms with Gasteiger partial charge in [0.05, 0.1) is 39.1 Å². The maximum Gasteiger partial charge on any atom is 0.264 e. The number of aryl methyl sites for hydroxylation is 1. The Bertz CT molecular complexity index is 2040. The van der Waals surface area contributed by atoms with Gasteiger partial charge in [-0.2, -0.15) is 0 Å². The van der Waals surface area contributed by atoms with Crippen molar-refractivity contribution in [2.45, 2.75) is 63.1 Å². The van der Waals surface area contributed by atoms with Crippen LogP contribution in [0.25, 0.3) is 10.9 Å². The summed E-state index contributed by atoms with van der Waals surface area (Å²) in [4.78, 5) is 32.8. The molecule has 12 heteroatoms. The quantitative estimate of drug-likeness (QED) is 0.170. The van der Waals surface area contributed by atoms with E-state index in [9.17, 15) is 14.7 Å². The predicted octanol–water partition coefficient (Wildman–Crippen LogP) is 4.77. The van der Waals surface area contributed by atoms with E-state index >= 15 is 0 Å². The van der Waals surface area contributed by atoms with Gasteiger partial charge in [0.2, 0.25) is 5.91 Å². The van der Waals surface area contributed by atoms with E-state index in [1.165, 1.54) is 5.19 Å². The molecule has 0 unspecified atom stereocenters. The fraction of sp³-hybridized carbons (Fsp3) is 0.368. The number of amides is 2. The lowest BCUT2D eigenvalue weighted by Crippen LogP contribution is -2.51. The molecule has 0 saturated carbocycles. The smallest absolute Gasteiger partial charge is 0.264 e. The Morgan fingerprint density at radius 1 is 1.14 bits per heavy atom. The first-order valence-electron chi connectivity index (χ1n) is 17.2. The van der Waals surface area contributed by atoms with Gasteiger partial charge in [0, 0.05) is 67.1 Å². The van der Waals surface area contributed by atoms with Crippen molar-refractivity contribution in [1.29, 1.82) is 0 Å². The van der Waals surface area contributed by atoms with Crippen LogP contribution >= 0.6 is 0 Å². The predicted molar refractivity (Wildman–Crippen MR) is 195 cm³/mol. The number of benzene rings is 3. The molecule has 4 atom stereocenters. The topological polar surface area (TPSA) is 135 Å². The molecule has 4 heterocycles. The molecule has 11 nitrogen and oxygen atoms in total. The average molecular weight is 693 g/mol. The number of hydrogen-bond donors (Lipinski definition) is 3. The summed E-state index contributed by atoms with van der Waals surface area (Å²) in [7, 11) is 1.14. The van der Waals surface area contributed by atoms with Gasteiger partial charge in [-0.1, -0.05) is 60.7 Å². The van der Waals surface area contributed by atoms with E-state index in [2.05, 4.69) is 52.8 Å². The number of carbonyl (C=O) groups is 2. The molecule has 260 valence electrons. The fourth-order valence-electron chi connectivity index (χ4n) is 8.36. The number of anilines is 2. The Balaban J connectivity index is 1.22. The van der Waals surface area contributed by atoms with Crippen LogP contribution in [0.4, 0.5) is 11.4 Å². The number of nitrogens with zero attached hydrogens (tertiary/aromatic N) is 4. The number of fused-ring (bicyclic) bond motifs is 3. The Labute approximate surface area is 292 Å². The van der Waals surface area contributed by atoms with E-state index in [-0.39, 0.29) is 42.4 Å². The molecular weight excluding hydrogens is 649 g/mol. The van der Waals surface area contributed by atoms with Crippen LogP contribution in [0.5, 0.6) is 5.75 Å². The molecule has 1 saturated heterocycles. The molecule has 0 radical (unpaired) electrons. The molecule has 7 rings (SSSR count). The number of likely N-dealkylation sites (N-methyl/N-ethyl adjacent to an activating group) is 1. The third-order valence-electron chi connectivity index (χ3n) is 10.9. The van der Waals surface area contributed by atoms with Crippen LogP contribution in [0.15, 0.2) is 79.1 Å². The molecule has 2 aromatic heterocycles. The Kier molecular flexibility index (Phi) is 8.87. The van der Waals surface area contributed by atoms with Gasteiger partial charge in [-0.15, -0.1) is 5.10 Å². The van der Waals surface area contributed by atoms with Gasteiger partial charge in [0.15, 0.2) is 5.60 Å². The third kappa shape index (κ3) is 5.70. The number of aromatic amines is 1. The van der Waals surface area contributed by atoms with Crippen molar-refractivity contribution in [2.24, 2.45) is 5.92 Å². The van der Waals surface area contributed by atoms with Crippen LogP contribution in [0.2, 0.25) is 18.6 Å². The molecule has 3 N–H and O–H groups in total. The molecular formula is C38H44N6O5Si. The molecule has 3 aromatic carbocycles. The summed E-state index contributed by atoms with van der Waals surface area (Å²) >= 11 is 0. The van der Waals surface area contributed by atoms with Crippen molar-refractivity contribution >= 4 is 47.4 Å². The van der Waals surface area contributed by atoms with E-state index < -0.39 is 13.7 Å². The van der Waals surface area contributed by atoms with Crippen molar-refractivity contribution in [3.63, 3.8) is 0 Å². The highest BCUT2D eigenvalue weighted by Crippen LogP contribution is 2.60. The second-order valence-corrected chi connectivity index (χ2v) is 18.8. The zero-order valence-corrected chi connectivity index (χ0v) is 30.1. The van der Waals surface area contributed by atoms with Gasteiger partial charge in [-0.25, -0.2) is 0 Å². The van der Waals surface area contributed by atoms with Gasteiger partial charge >= 0.3 is 0 Å². The lowest BCUT2D eigenvalue weighted by atomic mass is 9.82. The number of aromatic nitrogens is 4. The largest absolute Gasteiger partial charge is 0.497 e. The maximum absolute atomic E-state index is 14.5. The zero-order chi connectivity index (χ0) is 35.2. The van der Waals surface area contributed by atoms with E-state index in [4.69, 9.17) is 9.47 Å². The highest BCUT2D eigenvalue weighted by atomic mass is 28.3. The minimum atomic E-state index is -2.32. The molecule has 0 bridgehead atoms. The molecule has 1 fully saturated rings. The summed E-state index contributed by atoms with van der Waals surface area (Å²) in [5.74, 6) is 0.387. The molecule has 1 spiro atoms. The first-order valence-corrected chi connectivity index (χ1v) is 20.2. The summed E-state index contributed by atoms with van der Waals surface area (Å²) in [6.45, 7) is 7.42. The Morgan fingerprint density at radius 3 is 2.68 bits per heavy atom. The van der Waals surface area contributed by atoms with Gasteiger partial charge in [0.25, 0.3) is 5.91 Å². The molecule has 2 aliphatic heterocycles. The van der Waals surface area contributed by atoms with E-state index in [1.807, 2.05) is 67.0 Å². The summed E-state index contributed by atoms with van der Waals surface area (Å²) < 4.78 is 14.4. The minimum Gasteiger partial charge on any atom is -0.497 e. The monoisotopic (exact) mass is 692 g/mol. The van der Waals surface area contributed by atoms with Crippen molar-refractivity contribution in [2.75, 3.05) is 31.0 Å². The number of rotatable bonds is 11. The lowest BCUT2D eigenvalue weighted by molar-refractivity contribution is -0.145. The van der Waals surface area contributed by atoms with Gasteiger partial charge in [-0.3, -0.25) is 14.3 Å². The van der Waals surface area contributed by atoms with Crippen molar-refractivity contribution in [1.82, 2.24) is 20.0 Å². The standard InChI is InChI=1S/C38H44N6O5Si/c1-24-36(50(4,5)29-13-11-28(48-3)12-14-29)34(16-18-44-23-27(17-19-45)41-42-44)49-38(24)31-21-26(10-15-33(31)43(2)37(38)47)40-35(46)20-25-22-39-32-9-7-6-8-30(25)32/h6-15,21-24,34,36,39,45H,16-20H2,1-5H3,(H,40,46)/t24-,34+,36-,38+/m0/s1. The van der Waals surface area contributed by atoms with Crippen LogP contribution in [0.3, 0.4) is 0 Å².